The summed E-state index contributed by atoms with van der Waals surface area (Å²) in [6.45, 7) is 8.78. The maximum Gasteiger partial charge on any atom is 0.104 e. The van der Waals surface area contributed by atoms with Crippen molar-refractivity contribution in [2.45, 2.75) is 57.5 Å². The number of rotatable bonds is 11. The fraction of sp³-hybridized carbons (Fsp3) is 0.938. The SMILES string of the molecule is CCCN(CCCC(C)(C#N)NC1CC1)CCN(C)C. The van der Waals surface area contributed by atoms with Crippen LogP contribution in [0.25, 0.3) is 0 Å². The van der Waals surface area contributed by atoms with Crippen LogP contribution in [0.5, 0.6) is 0 Å². The van der Waals surface area contributed by atoms with Crippen molar-refractivity contribution >= 4 is 0 Å². The van der Waals surface area contributed by atoms with Gasteiger partial charge in [-0.1, -0.05) is 6.92 Å². The lowest BCUT2D eigenvalue weighted by atomic mass is 9.97. The fourth-order valence-corrected chi connectivity index (χ4v) is 2.49. The van der Waals surface area contributed by atoms with Gasteiger partial charge in [-0.25, -0.2) is 0 Å². The number of likely N-dealkylation sites (N-methyl/N-ethyl adjacent to an activating group) is 1. The Labute approximate surface area is 125 Å². The molecule has 0 spiro atoms. The minimum Gasteiger partial charge on any atom is -0.308 e. The van der Waals surface area contributed by atoms with Crippen LogP contribution in [0.3, 0.4) is 0 Å². The van der Waals surface area contributed by atoms with E-state index >= 15 is 0 Å². The van der Waals surface area contributed by atoms with E-state index in [-0.39, 0.29) is 5.54 Å². The van der Waals surface area contributed by atoms with E-state index in [1.165, 1.54) is 19.3 Å². The van der Waals surface area contributed by atoms with Crippen LogP contribution >= 0.6 is 0 Å². The highest BCUT2D eigenvalue weighted by atomic mass is 15.2. The van der Waals surface area contributed by atoms with Crippen LogP contribution in [0.15, 0.2) is 0 Å². The van der Waals surface area contributed by atoms with Crippen LogP contribution in [0, 0.1) is 11.3 Å². The van der Waals surface area contributed by atoms with E-state index in [0.29, 0.717) is 6.04 Å². The highest BCUT2D eigenvalue weighted by molar-refractivity contribution is 5.07. The van der Waals surface area contributed by atoms with E-state index in [1.807, 2.05) is 0 Å². The number of nitriles is 1. The Bertz CT molecular complexity index is 306. The van der Waals surface area contributed by atoms with Crippen LogP contribution < -0.4 is 5.32 Å². The van der Waals surface area contributed by atoms with Crippen LogP contribution in [0.2, 0.25) is 0 Å². The van der Waals surface area contributed by atoms with Gasteiger partial charge in [-0.15, -0.1) is 0 Å². The molecule has 116 valence electrons. The molecule has 0 aliphatic heterocycles. The molecule has 0 aromatic rings. The summed E-state index contributed by atoms with van der Waals surface area (Å²) in [5.41, 5.74) is -0.333. The highest BCUT2D eigenvalue weighted by Crippen LogP contribution is 2.24. The molecule has 1 atom stereocenters. The zero-order valence-electron chi connectivity index (χ0n) is 13.8. The summed E-state index contributed by atoms with van der Waals surface area (Å²) < 4.78 is 0. The first-order chi connectivity index (χ1) is 9.49. The summed E-state index contributed by atoms with van der Waals surface area (Å²) in [6.07, 6.45) is 5.72. The Hall–Kier alpha value is -0.630. The topological polar surface area (TPSA) is 42.3 Å². The zero-order valence-corrected chi connectivity index (χ0v) is 13.8. The average molecular weight is 280 g/mol. The Morgan fingerprint density at radius 2 is 1.90 bits per heavy atom. The van der Waals surface area contributed by atoms with E-state index in [2.05, 4.69) is 49.1 Å². The third-order valence-corrected chi connectivity index (χ3v) is 3.90. The van der Waals surface area contributed by atoms with Crippen molar-refractivity contribution < 1.29 is 0 Å². The summed E-state index contributed by atoms with van der Waals surface area (Å²) >= 11 is 0. The summed E-state index contributed by atoms with van der Waals surface area (Å²) in [4.78, 5) is 4.76. The second-order valence-corrected chi connectivity index (χ2v) is 6.61. The molecule has 4 heteroatoms. The molecule has 0 amide bonds. The van der Waals surface area contributed by atoms with E-state index in [9.17, 15) is 5.26 Å². The molecule has 1 aliphatic carbocycles. The molecule has 1 unspecified atom stereocenters. The molecule has 0 radical (unpaired) electrons. The molecular weight excluding hydrogens is 248 g/mol. The van der Waals surface area contributed by atoms with Gasteiger partial charge < -0.3 is 9.80 Å². The van der Waals surface area contributed by atoms with E-state index in [0.717, 1.165) is 39.0 Å². The smallest absolute Gasteiger partial charge is 0.104 e. The van der Waals surface area contributed by atoms with E-state index in [4.69, 9.17) is 0 Å². The molecule has 20 heavy (non-hydrogen) atoms. The normalized spacial score (nSPS) is 18.2. The molecule has 1 aliphatic rings. The second-order valence-electron chi connectivity index (χ2n) is 6.61. The first-order valence-corrected chi connectivity index (χ1v) is 8.05. The molecule has 0 bridgehead atoms. The van der Waals surface area contributed by atoms with Crippen molar-refractivity contribution in [1.29, 1.82) is 5.26 Å². The number of hydrogen-bond acceptors (Lipinski definition) is 4. The van der Waals surface area contributed by atoms with Gasteiger partial charge in [0.15, 0.2) is 0 Å². The first-order valence-electron chi connectivity index (χ1n) is 8.05. The first kappa shape index (κ1) is 17.4. The largest absolute Gasteiger partial charge is 0.308 e. The van der Waals surface area contributed by atoms with Gasteiger partial charge in [-0.05, 0) is 66.2 Å². The lowest BCUT2D eigenvalue weighted by Gasteiger charge is -2.27. The summed E-state index contributed by atoms with van der Waals surface area (Å²) in [6, 6.07) is 3.07. The molecule has 4 nitrogen and oxygen atoms in total. The van der Waals surface area contributed by atoms with Gasteiger partial charge in [-0.2, -0.15) is 5.26 Å². The van der Waals surface area contributed by atoms with Gasteiger partial charge in [0.2, 0.25) is 0 Å². The third kappa shape index (κ3) is 7.23. The van der Waals surface area contributed by atoms with Crippen molar-refractivity contribution in [3.63, 3.8) is 0 Å². The minimum atomic E-state index is -0.333. The molecular formula is C16H32N4. The van der Waals surface area contributed by atoms with Crippen molar-refractivity contribution in [1.82, 2.24) is 15.1 Å². The van der Waals surface area contributed by atoms with Crippen molar-refractivity contribution in [3.05, 3.63) is 0 Å². The third-order valence-electron chi connectivity index (χ3n) is 3.90. The number of nitrogens with zero attached hydrogens (tertiary/aromatic N) is 3. The maximum absolute atomic E-state index is 9.37. The maximum atomic E-state index is 9.37. The van der Waals surface area contributed by atoms with E-state index in [1.54, 1.807) is 0 Å². The monoisotopic (exact) mass is 280 g/mol. The highest BCUT2D eigenvalue weighted by Gasteiger charge is 2.32. The molecule has 0 saturated heterocycles. The minimum absolute atomic E-state index is 0.333. The average Bonchev–Trinajstić information content (AvgIpc) is 3.19. The lowest BCUT2D eigenvalue weighted by Crippen LogP contribution is -2.43. The molecule has 1 rings (SSSR count). The van der Waals surface area contributed by atoms with Crippen LogP contribution in [-0.2, 0) is 0 Å². The second kappa shape index (κ2) is 8.61. The summed E-state index contributed by atoms with van der Waals surface area (Å²) in [5.74, 6) is 0. The number of nitrogens with one attached hydrogen (secondary N) is 1. The Kier molecular flexibility index (Phi) is 7.50. The van der Waals surface area contributed by atoms with Gasteiger partial charge in [0.05, 0.1) is 6.07 Å². The zero-order chi connectivity index (χ0) is 15.0. The Morgan fingerprint density at radius 3 is 2.40 bits per heavy atom. The van der Waals surface area contributed by atoms with Crippen molar-refractivity contribution in [2.75, 3.05) is 40.3 Å². The van der Waals surface area contributed by atoms with Crippen LogP contribution in [-0.4, -0.2) is 61.7 Å². The standard InChI is InChI=1S/C16H32N4/c1-5-10-20(13-12-19(3)4)11-6-9-16(2,14-17)18-15-7-8-15/h15,18H,5-13H2,1-4H3. The van der Waals surface area contributed by atoms with Gasteiger partial charge >= 0.3 is 0 Å². The van der Waals surface area contributed by atoms with Crippen LogP contribution in [0.4, 0.5) is 0 Å². The van der Waals surface area contributed by atoms with Gasteiger partial charge in [0.1, 0.15) is 5.54 Å². The summed E-state index contributed by atoms with van der Waals surface area (Å²) in [5, 5.41) is 12.9. The van der Waals surface area contributed by atoms with Crippen molar-refractivity contribution in [2.24, 2.45) is 0 Å². The van der Waals surface area contributed by atoms with Gasteiger partial charge in [-0.3, -0.25) is 5.32 Å². The molecule has 1 saturated carbocycles. The molecule has 0 aromatic carbocycles. The quantitative estimate of drug-likeness (QED) is 0.629. The lowest BCUT2D eigenvalue weighted by molar-refractivity contribution is 0.230. The summed E-state index contributed by atoms with van der Waals surface area (Å²) in [7, 11) is 4.24. The predicted octanol–water partition coefficient (Wildman–Crippen LogP) is 2.07. The van der Waals surface area contributed by atoms with Gasteiger partial charge in [0.25, 0.3) is 0 Å². The van der Waals surface area contributed by atoms with Crippen molar-refractivity contribution in [3.8, 4) is 6.07 Å². The van der Waals surface area contributed by atoms with Crippen LogP contribution in [0.1, 0.15) is 46.0 Å². The Morgan fingerprint density at radius 1 is 1.20 bits per heavy atom. The Balaban J connectivity index is 2.28. The molecule has 0 heterocycles. The fourth-order valence-electron chi connectivity index (χ4n) is 2.49. The van der Waals surface area contributed by atoms with E-state index < -0.39 is 0 Å². The molecule has 1 N–H and O–H groups in total. The predicted molar refractivity (Wildman–Crippen MR) is 84.7 cm³/mol. The van der Waals surface area contributed by atoms with Gasteiger partial charge in [0, 0.05) is 19.1 Å². The molecule has 0 aromatic heterocycles. The number of hydrogen-bond donors (Lipinski definition) is 1. The molecule has 1 fully saturated rings.